The molecule has 1 heterocycles. The van der Waals surface area contributed by atoms with Gasteiger partial charge >= 0.3 is 0 Å². The molecule has 1 spiro atoms. The molecule has 1 saturated heterocycles. The molecule has 1 atom stereocenters. The highest BCUT2D eigenvalue weighted by Crippen LogP contribution is 2.39. The Morgan fingerprint density at radius 1 is 1.17 bits per heavy atom. The summed E-state index contributed by atoms with van der Waals surface area (Å²) in [5.41, 5.74) is 2.60. The van der Waals surface area contributed by atoms with E-state index in [2.05, 4.69) is 4.72 Å². The second-order valence-corrected chi connectivity index (χ2v) is 8.45. The Morgan fingerprint density at radius 2 is 1.78 bits per heavy atom. The second-order valence-electron chi connectivity index (χ2n) is 6.75. The van der Waals surface area contributed by atoms with E-state index in [1.807, 2.05) is 32.9 Å². The van der Waals surface area contributed by atoms with E-state index in [-0.39, 0.29) is 12.6 Å². The molecule has 128 valence electrons. The maximum atomic E-state index is 12.6. The Bertz CT molecular complexity index is 670. The molecule has 2 aliphatic rings. The molecule has 1 aliphatic heterocycles. The molecule has 1 N–H and O–H groups in total. The third-order valence-corrected chi connectivity index (χ3v) is 6.38. The molecule has 1 aliphatic carbocycles. The van der Waals surface area contributed by atoms with Gasteiger partial charge in [-0.15, -0.1) is 0 Å². The number of rotatable bonds is 4. The summed E-state index contributed by atoms with van der Waals surface area (Å²) in [4.78, 5) is 0.373. The molecule has 0 bridgehead atoms. The highest BCUT2D eigenvalue weighted by Gasteiger charge is 2.43. The van der Waals surface area contributed by atoms with Crippen LogP contribution in [0.2, 0.25) is 0 Å². The van der Waals surface area contributed by atoms with Crippen LogP contribution in [-0.2, 0) is 19.5 Å². The van der Waals surface area contributed by atoms with Gasteiger partial charge in [0, 0.05) is 19.4 Å². The number of aryl methyl sites for hydroxylation is 3. The molecular weight excluding hydrogens is 314 g/mol. The van der Waals surface area contributed by atoms with Gasteiger partial charge in [-0.05, 0) is 44.7 Å². The smallest absolute Gasteiger partial charge is 0.241 e. The van der Waals surface area contributed by atoms with Gasteiger partial charge in [0.05, 0.1) is 17.6 Å². The van der Waals surface area contributed by atoms with E-state index in [9.17, 15) is 8.42 Å². The van der Waals surface area contributed by atoms with Crippen LogP contribution in [0, 0.1) is 20.8 Å². The summed E-state index contributed by atoms with van der Waals surface area (Å²) in [7, 11) is -3.55. The maximum Gasteiger partial charge on any atom is 0.241 e. The quantitative estimate of drug-likeness (QED) is 0.916. The largest absolute Gasteiger partial charge is 0.347 e. The highest BCUT2D eigenvalue weighted by atomic mass is 32.2. The molecule has 2 fully saturated rings. The molecule has 0 unspecified atom stereocenters. The summed E-state index contributed by atoms with van der Waals surface area (Å²) in [6, 6.07) is 3.79. The molecule has 6 heteroatoms. The third-order valence-electron chi connectivity index (χ3n) is 4.65. The van der Waals surface area contributed by atoms with Gasteiger partial charge in [-0.3, -0.25) is 0 Å². The van der Waals surface area contributed by atoms with E-state index >= 15 is 0 Å². The fourth-order valence-corrected chi connectivity index (χ4v) is 5.27. The lowest BCUT2D eigenvalue weighted by Crippen LogP contribution is -2.35. The van der Waals surface area contributed by atoms with Gasteiger partial charge in [0.2, 0.25) is 10.0 Å². The zero-order valence-electron chi connectivity index (χ0n) is 14.0. The molecule has 1 aromatic carbocycles. The number of hydrogen-bond acceptors (Lipinski definition) is 4. The van der Waals surface area contributed by atoms with Gasteiger partial charge in [0.1, 0.15) is 0 Å². The van der Waals surface area contributed by atoms with E-state index < -0.39 is 15.8 Å². The SMILES string of the molecule is Cc1cc(C)c(S(=O)(=O)NC[C@H]2COC3(CCCC3)O2)c(C)c1. The summed E-state index contributed by atoms with van der Waals surface area (Å²) >= 11 is 0. The zero-order valence-corrected chi connectivity index (χ0v) is 14.8. The predicted molar refractivity (Wildman–Crippen MR) is 87.9 cm³/mol. The number of hydrogen-bond donors (Lipinski definition) is 1. The van der Waals surface area contributed by atoms with Gasteiger partial charge in [0.25, 0.3) is 0 Å². The summed E-state index contributed by atoms with van der Waals surface area (Å²) < 4.78 is 39.7. The standard InChI is InChI=1S/C17H25NO4S/c1-12-8-13(2)16(14(3)9-12)23(19,20)18-10-15-11-21-17(22-15)6-4-5-7-17/h8-9,15,18H,4-7,10-11H2,1-3H3/t15-/m0/s1. The molecule has 23 heavy (non-hydrogen) atoms. The average molecular weight is 339 g/mol. The van der Waals surface area contributed by atoms with Crippen LogP contribution in [-0.4, -0.2) is 33.5 Å². The van der Waals surface area contributed by atoms with Crippen molar-refractivity contribution in [3.05, 3.63) is 28.8 Å². The number of ether oxygens (including phenoxy) is 2. The third kappa shape index (κ3) is 3.45. The van der Waals surface area contributed by atoms with E-state index in [0.29, 0.717) is 11.5 Å². The average Bonchev–Trinajstić information content (AvgIpc) is 3.06. The molecule has 5 nitrogen and oxygen atoms in total. The number of sulfonamides is 1. The first-order valence-corrected chi connectivity index (χ1v) is 9.69. The van der Waals surface area contributed by atoms with Crippen LogP contribution in [0.4, 0.5) is 0 Å². The fourth-order valence-electron chi connectivity index (χ4n) is 3.76. The van der Waals surface area contributed by atoms with Crippen molar-refractivity contribution in [2.75, 3.05) is 13.2 Å². The molecule has 1 aromatic rings. The maximum absolute atomic E-state index is 12.6. The summed E-state index contributed by atoms with van der Waals surface area (Å²) in [5.74, 6) is -0.453. The Morgan fingerprint density at radius 3 is 2.39 bits per heavy atom. The Hall–Kier alpha value is -0.950. The van der Waals surface area contributed by atoms with Crippen LogP contribution in [0.1, 0.15) is 42.4 Å². The zero-order chi connectivity index (χ0) is 16.7. The number of benzene rings is 1. The van der Waals surface area contributed by atoms with Gasteiger partial charge in [0.15, 0.2) is 5.79 Å². The van der Waals surface area contributed by atoms with E-state index in [1.165, 1.54) is 0 Å². The minimum atomic E-state index is -3.55. The van der Waals surface area contributed by atoms with Crippen molar-refractivity contribution >= 4 is 10.0 Å². The van der Waals surface area contributed by atoms with E-state index in [0.717, 1.165) is 42.4 Å². The minimum absolute atomic E-state index is 0.214. The van der Waals surface area contributed by atoms with Crippen molar-refractivity contribution in [3.8, 4) is 0 Å². The second kappa shape index (κ2) is 6.16. The molecule has 0 radical (unpaired) electrons. The summed E-state index contributed by atoms with van der Waals surface area (Å²) in [5, 5.41) is 0. The molecule has 0 amide bonds. The number of nitrogens with one attached hydrogen (secondary N) is 1. The minimum Gasteiger partial charge on any atom is -0.347 e. The Balaban J connectivity index is 1.68. The van der Waals surface area contributed by atoms with Gasteiger partial charge < -0.3 is 9.47 Å². The van der Waals surface area contributed by atoms with Gasteiger partial charge in [-0.2, -0.15) is 0 Å². The first kappa shape index (κ1) is 16.9. The first-order chi connectivity index (χ1) is 10.8. The van der Waals surface area contributed by atoms with Crippen molar-refractivity contribution in [2.45, 2.75) is 63.2 Å². The van der Waals surface area contributed by atoms with Crippen molar-refractivity contribution in [1.82, 2.24) is 4.72 Å². The summed E-state index contributed by atoms with van der Waals surface area (Å²) in [6.07, 6.45) is 3.83. The molecular formula is C17H25NO4S. The van der Waals surface area contributed by atoms with Crippen molar-refractivity contribution in [1.29, 1.82) is 0 Å². The van der Waals surface area contributed by atoms with Crippen molar-refractivity contribution in [3.63, 3.8) is 0 Å². The molecule has 1 saturated carbocycles. The highest BCUT2D eigenvalue weighted by molar-refractivity contribution is 7.89. The van der Waals surface area contributed by atoms with Gasteiger partial charge in [-0.25, -0.2) is 13.1 Å². The van der Waals surface area contributed by atoms with Crippen LogP contribution < -0.4 is 4.72 Å². The van der Waals surface area contributed by atoms with Crippen LogP contribution in [0.15, 0.2) is 17.0 Å². The lowest BCUT2D eigenvalue weighted by Gasteiger charge is -2.22. The van der Waals surface area contributed by atoms with Crippen LogP contribution in [0.25, 0.3) is 0 Å². The fraction of sp³-hybridized carbons (Fsp3) is 0.647. The molecule has 0 aromatic heterocycles. The van der Waals surface area contributed by atoms with Crippen LogP contribution in [0.3, 0.4) is 0 Å². The van der Waals surface area contributed by atoms with E-state index in [1.54, 1.807) is 0 Å². The Labute approximate surface area is 138 Å². The Kier molecular flexibility index (Phi) is 4.53. The molecule has 3 rings (SSSR count). The van der Waals surface area contributed by atoms with Crippen LogP contribution >= 0.6 is 0 Å². The van der Waals surface area contributed by atoms with Gasteiger partial charge in [-0.1, -0.05) is 17.7 Å². The van der Waals surface area contributed by atoms with Crippen LogP contribution in [0.5, 0.6) is 0 Å². The topological polar surface area (TPSA) is 64.6 Å². The first-order valence-electron chi connectivity index (χ1n) is 8.21. The van der Waals surface area contributed by atoms with Crippen molar-refractivity contribution in [2.24, 2.45) is 0 Å². The lowest BCUT2D eigenvalue weighted by molar-refractivity contribution is -0.160. The monoisotopic (exact) mass is 339 g/mol. The summed E-state index contributed by atoms with van der Waals surface area (Å²) in [6.45, 7) is 6.33. The van der Waals surface area contributed by atoms with E-state index in [4.69, 9.17) is 9.47 Å². The predicted octanol–water partition coefficient (Wildman–Crippen LogP) is 2.58. The lowest BCUT2D eigenvalue weighted by atomic mass is 10.1. The normalized spacial score (nSPS) is 23.7. The van der Waals surface area contributed by atoms with Crippen molar-refractivity contribution < 1.29 is 17.9 Å².